The monoisotopic (exact) mass is 650 g/mol. The van der Waals surface area contributed by atoms with Crippen molar-refractivity contribution in [3.63, 3.8) is 0 Å². The summed E-state index contributed by atoms with van der Waals surface area (Å²) in [5, 5.41) is 10.5. The molecule has 0 radical (unpaired) electrons. The number of piperidine rings is 1. The Morgan fingerprint density at radius 1 is 0.958 bits per heavy atom. The molecular formula is C40H50N4O4. The molecule has 0 amide bonds. The molecule has 2 aromatic carbocycles. The smallest absolute Gasteiger partial charge is 0.337 e. The zero-order valence-electron chi connectivity index (χ0n) is 29.8. The topological polar surface area (TPSA) is 91.9 Å². The van der Waals surface area contributed by atoms with Crippen molar-refractivity contribution < 1.29 is 19.1 Å². The van der Waals surface area contributed by atoms with Crippen LogP contribution in [0, 0.1) is 26.2 Å². The predicted octanol–water partition coefficient (Wildman–Crippen LogP) is 8.45. The maximum atomic E-state index is 12.9. The zero-order valence-corrected chi connectivity index (χ0v) is 29.8. The van der Waals surface area contributed by atoms with Crippen molar-refractivity contribution in [2.24, 2.45) is 5.41 Å². The van der Waals surface area contributed by atoms with Crippen molar-refractivity contribution in [1.82, 2.24) is 14.9 Å². The fraction of sp³-hybridized carbons (Fsp3) is 0.475. The number of nitrogens with zero attached hydrogens (tertiary/aromatic N) is 4. The summed E-state index contributed by atoms with van der Waals surface area (Å²) >= 11 is 0. The molecule has 0 aliphatic carbocycles. The van der Waals surface area contributed by atoms with Gasteiger partial charge >= 0.3 is 5.97 Å². The van der Waals surface area contributed by atoms with Crippen molar-refractivity contribution in [3.8, 4) is 22.6 Å². The Bertz CT molecular complexity index is 1790. The van der Waals surface area contributed by atoms with Crippen LogP contribution in [0.2, 0.25) is 0 Å². The van der Waals surface area contributed by atoms with Crippen LogP contribution in [0.5, 0.6) is 0 Å². The largest absolute Gasteiger partial charge is 0.479 e. The number of hydrogen-bond acceptors (Lipinski definition) is 7. The Morgan fingerprint density at radius 2 is 1.67 bits per heavy atom. The lowest BCUT2D eigenvalue weighted by Gasteiger charge is -2.41. The summed E-state index contributed by atoms with van der Waals surface area (Å²) in [6, 6.07) is 16.8. The van der Waals surface area contributed by atoms with E-state index in [1.54, 1.807) is 0 Å². The first-order valence-electron chi connectivity index (χ1n) is 17.2. The Hall–Kier alpha value is -4.01. The number of aromatic nitrogens is 2. The number of fused-ring (bicyclic) bond motifs is 1. The van der Waals surface area contributed by atoms with Crippen LogP contribution < -0.4 is 4.90 Å². The Kier molecular flexibility index (Phi) is 9.26. The van der Waals surface area contributed by atoms with E-state index in [4.69, 9.17) is 19.1 Å². The molecule has 0 saturated carbocycles. The molecule has 8 nitrogen and oxygen atoms in total. The molecule has 4 aromatic rings. The third-order valence-corrected chi connectivity index (χ3v) is 9.84. The third-order valence-electron chi connectivity index (χ3n) is 9.84. The summed E-state index contributed by atoms with van der Waals surface area (Å²) in [5.41, 5.74) is 9.50. The van der Waals surface area contributed by atoms with Gasteiger partial charge in [-0.25, -0.2) is 9.78 Å². The molecule has 2 aliphatic heterocycles. The number of anilines is 1. The lowest BCUT2D eigenvalue weighted by atomic mass is 9.81. The zero-order chi connectivity index (χ0) is 34.4. The number of carbonyl (C=O) groups is 1. The molecule has 1 N–H and O–H groups in total. The standard InChI is InChI=1S/C40H50N4O4/c1-25-33(35(44-20-17-40(7,8)18-21-44)34(26(2)41-25)36(38(45)46)48-39(4,5)6)30-14-15-31-23-43(19-16-29(31)22-30)24-32-27(3)47-37(42-32)28-12-10-9-11-13-28/h9-15,22,36H,16-21,23-24H2,1-8H3,(H,45,46)/t36-/m0/s1. The van der Waals surface area contributed by atoms with Gasteiger partial charge in [0.15, 0.2) is 6.10 Å². The molecule has 254 valence electrons. The van der Waals surface area contributed by atoms with Crippen molar-refractivity contribution in [2.75, 3.05) is 24.5 Å². The van der Waals surface area contributed by atoms with E-state index in [0.717, 1.165) is 91.5 Å². The summed E-state index contributed by atoms with van der Waals surface area (Å²) in [5.74, 6) is 0.529. The van der Waals surface area contributed by atoms with Gasteiger partial charge in [0.2, 0.25) is 5.89 Å². The van der Waals surface area contributed by atoms with Crippen molar-refractivity contribution in [3.05, 3.63) is 88.1 Å². The molecule has 2 aliphatic rings. The maximum absolute atomic E-state index is 12.9. The van der Waals surface area contributed by atoms with Gasteiger partial charge in [-0.15, -0.1) is 0 Å². The molecule has 48 heavy (non-hydrogen) atoms. The first-order chi connectivity index (χ1) is 22.7. The fourth-order valence-corrected chi connectivity index (χ4v) is 7.15. The van der Waals surface area contributed by atoms with Crippen molar-refractivity contribution in [1.29, 1.82) is 0 Å². The molecule has 0 unspecified atom stereocenters. The van der Waals surface area contributed by atoms with Gasteiger partial charge in [-0.2, -0.15) is 0 Å². The Morgan fingerprint density at radius 3 is 2.33 bits per heavy atom. The van der Waals surface area contributed by atoms with Crippen LogP contribution >= 0.6 is 0 Å². The maximum Gasteiger partial charge on any atom is 0.337 e. The van der Waals surface area contributed by atoms with Crippen LogP contribution in [0.15, 0.2) is 52.9 Å². The number of aliphatic carboxylic acids is 1. The number of benzene rings is 2. The van der Waals surface area contributed by atoms with Crippen molar-refractivity contribution in [2.45, 2.75) is 99.4 Å². The highest BCUT2D eigenvalue weighted by atomic mass is 16.5. The number of aryl methyl sites for hydroxylation is 3. The minimum absolute atomic E-state index is 0.243. The number of ether oxygens (including phenoxy) is 1. The molecular weight excluding hydrogens is 600 g/mol. The van der Waals surface area contributed by atoms with Crippen LogP contribution in [0.3, 0.4) is 0 Å². The third kappa shape index (κ3) is 7.20. The first kappa shape index (κ1) is 33.9. The second kappa shape index (κ2) is 13.1. The van der Waals surface area contributed by atoms with Gasteiger partial charge < -0.3 is 19.2 Å². The van der Waals surface area contributed by atoms with Gasteiger partial charge in [-0.1, -0.05) is 50.2 Å². The highest BCUT2D eigenvalue weighted by molar-refractivity contribution is 5.88. The molecule has 0 spiro atoms. The summed E-state index contributed by atoms with van der Waals surface area (Å²) in [7, 11) is 0. The highest BCUT2D eigenvalue weighted by Gasteiger charge is 2.36. The average Bonchev–Trinajstić information content (AvgIpc) is 3.39. The predicted molar refractivity (Wildman–Crippen MR) is 190 cm³/mol. The van der Waals surface area contributed by atoms with E-state index in [1.165, 1.54) is 11.1 Å². The van der Waals surface area contributed by atoms with Crippen LogP contribution in [-0.4, -0.2) is 51.2 Å². The number of rotatable bonds is 8. The number of carboxylic acid groups (broad SMARTS) is 1. The van der Waals surface area contributed by atoms with E-state index in [9.17, 15) is 9.90 Å². The number of carboxylic acids is 1. The van der Waals surface area contributed by atoms with Crippen molar-refractivity contribution >= 4 is 11.7 Å². The average molecular weight is 651 g/mol. The van der Waals surface area contributed by atoms with Gasteiger partial charge in [-0.05, 0) is 95.0 Å². The highest BCUT2D eigenvalue weighted by Crippen LogP contribution is 2.45. The molecule has 1 fully saturated rings. The molecule has 2 aromatic heterocycles. The van der Waals surface area contributed by atoms with Gasteiger partial charge in [0.25, 0.3) is 0 Å². The lowest BCUT2D eigenvalue weighted by molar-refractivity contribution is -0.160. The molecule has 0 bridgehead atoms. The summed E-state index contributed by atoms with van der Waals surface area (Å²) in [6.07, 6.45) is 1.84. The van der Waals surface area contributed by atoms with E-state index >= 15 is 0 Å². The van der Waals surface area contributed by atoms with Crippen LogP contribution in [-0.2, 0) is 29.0 Å². The summed E-state index contributed by atoms with van der Waals surface area (Å²) in [6.45, 7) is 20.5. The van der Waals surface area contributed by atoms with Gasteiger partial charge in [0.05, 0.1) is 17.0 Å². The Balaban J connectivity index is 1.34. The fourth-order valence-electron chi connectivity index (χ4n) is 7.15. The summed E-state index contributed by atoms with van der Waals surface area (Å²) < 4.78 is 12.3. The lowest BCUT2D eigenvalue weighted by Crippen LogP contribution is -2.39. The van der Waals surface area contributed by atoms with E-state index in [0.29, 0.717) is 17.1 Å². The quantitative estimate of drug-likeness (QED) is 0.203. The van der Waals surface area contributed by atoms with Crippen LogP contribution in [0.4, 0.5) is 5.69 Å². The second-order valence-corrected chi connectivity index (χ2v) is 15.4. The SMILES string of the molecule is Cc1nc(C)c([C@H](OC(C)(C)C)C(=O)O)c(N2CCC(C)(C)CC2)c1-c1ccc2c(c1)CCN(Cc1nc(-c3ccccc3)oc1C)C2. The normalized spacial score (nSPS) is 17.3. The van der Waals surface area contributed by atoms with E-state index in [2.05, 4.69) is 48.8 Å². The first-order valence-corrected chi connectivity index (χ1v) is 17.2. The Labute approximate surface area is 285 Å². The molecule has 4 heterocycles. The van der Waals surface area contributed by atoms with E-state index < -0.39 is 17.7 Å². The molecule has 6 rings (SSSR count). The van der Waals surface area contributed by atoms with Crippen LogP contribution in [0.1, 0.15) is 93.1 Å². The number of pyridine rings is 1. The van der Waals surface area contributed by atoms with E-state index in [1.807, 2.05) is 65.0 Å². The molecule has 8 heteroatoms. The molecule has 1 saturated heterocycles. The summed E-state index contributed by atoms with van der Waals surface area (Å²) in [4.78, 5) is 27.5. The second-order valence-electron chi connectivity index (χ2n) is 15.4. The minimum Gasteiger partial charge on any atom is -0.479 e. The van der Waals surface area contributed by atoms with Gasteiger partial charge in [-0.3, -0.25) is 9.88 Å². The number of oxazole rings is 1. The van der Waals surface area contributed by atoms with Gasteiger partial charge in [0.1, 0.15) is 5.76 Å². The molecule has 1 atom stereocenters. The van der Waals surface area contributed by atoms with E-state index in [-0.39, 0.29) is 5.41 Å². The number of hydrogen-bond donors (Lipinski definition) is 1. The van der Waals surface area contributed by atoms with Crippen LogP contribution in [0.25, 0.3) is 22.6 Å². The van der Waals surface area contributed by atoms with Gasteiger partial charge in [0, 0.05) is 60.8 Å². The minimum atomic E-state index is -1.13.